The summed E-state index contributed by atoms with van der Waals surface area (Å²) < 4.78 is 5.34. The standard InChI is InChI=1S/C14H23N3O.ClH/c15-14(9-4-10-14)13-16-12(18-17-13)8-7-11-5-2-1-3-6-11;/h11H,1-10,15H2;1H. The minimum Gasteiger partial charge on any atom is -0.339 e. The molecule has 0 spiro atoms. The Bertz CT molecular complexity index is 397. The van der Waals surface area contributed by atoms with E-state index in [0.717, 1.165) is 36.9 Å². The maximum Gasteiger partial charge on any atom is 0.226 e. The van der Waals surface area contributed by atoms with Crippen molar-refractivity contribution < 1.29 is 4.52 Å². The molecule has 0 bridgehead atoms. The highest BCUT2D eigenvalue weighted by Crippen LogP contribution is 2.37. The fraction of sp³-hybridized carbons (Fsp3) is 0.857. The van der Waals surface area contributed by atoms with Crippen LogP contribution in [0, 0.1) is 5.92 Å². The van der Waals surface area contributed by atoms with Gasteiger partial charge in [-0.25, -0.2) is 0 Å². The van der Waals surface area contributed by atoms with Crippen molar-refractivity contribution >= 4 is 12.4 Å². The molecule has 0 unspecified atom stereocenters. The monoisotopic (exact) mass is 285 g/mol. The van der Waals surface area contributed by atoms with E-state index in [9.17, 15) is 0 Å². The lowest BCUT2D eigenvalue weighted by Crippen LogP contribution is -2.44. The Balaban J connectivity index is 0.00000133. The van der Waals surface area contributed by atoms with Crippen LogP contribution >= 0.6 is 12.4 Å². The first-order valence-corrected chi connectivity index (χ1v) is 7.38. The van der Waals surface area contributed by atoms with Crippen molar-refractivity contribution in [1.82, 2.24) is 10.1 Å². The molecule has 0 saturated heterocycles. The molecule has 19 heavy (non-hydrogen) atoms. The first kappa shape index (κ1) is 14.8. The van der Waals surface area contributed by atoms with E-state index in [1.165, 1.54) is 44.9 Å². The van der Waals surface area contributed by atoms with Crippen molar-refractivity contribution in [2.75, 3.05) is 0 Å². The maximum atomic E-state index is 6.19. The van der Waals surface area contributed by atoms with Gasteiger partial charge in [-0.15, -0.1) is 12.4 Å². The highest BCUT2D eigenvalue weighted by molar-refractivity contribution is 5.85. The van der Waals surface area contributed by atoms with Crippen LogP contribution < -0.4 is 5.73 Å². The number of aryl methyl sites for hydroxylation is 1. The second-order valence-corrected chi connectivity index (χ2v) is 6.06. The number of nitrogens with two attached hydrogens (primary N) is 1. The first-order valence-electron chi connectivity index (χ1n) is 7.38. The van der Waals surface area contributed by atoms with E-state index in [2.05, 4.69) is 10.1 Å². The zero-order valence-corrected chi connectivity index (χ0v) is 12.3. The van der Waals surface area contributed by atoms with Crippen LogP contribution in [0.3, 0.4) is 0 Å². The molecule has 2 saturated carbocycles. The minimum absolute atomic E-state index is 0. The minimum atomic E-state index is -0.285. The van der Waals surface area contributed by atoms with Gasteiger partial charge in [-0.1, -0.05) is 37.3 Å². The largest absolute Gasteiger partial charge is 0.339 e. The molecule has 2 aliphatic carbocycles. The summed E-state index contributed by atoms with van der Waals surface area (Å²) >= 11 is 0. The molecule has 1 aromatic heterocycles. The van der Waals surface area contributed by atoms with E-state index in [4.69, 9.17) is 10.3 Å². The van der Waals surface area contributed by atoms with Gasteiger partial charge >= 0.3 is 0 Å². The lowest BCUT2D eigenvalue weighted by Gasteiger charge is -2.34. The third-order valence-corrected chi connectivity index (χ3v) is 4.65. The third kappa shape index (κ3) is 3.29. The SMILES string of the molecule is Cl.NC1(c2noc(CCC3CCCCC3)n2)CCC1. The summed E-state index contributed by atoms with van der Waals surface area (Å²) in [6, 6.07) is 0. The molecule has 0 amide bonds. The Kier molecular flexibility index (Phi) is 4.85. The van der Waals surface area contributed by atoms with Gasteiger partial charge in [-0.05, 0) is 31.6 Å². The van der Waals surface area contributed by atoms with E-state index in [1.807, 2.05) is 0 Å². The van der Waals surface area contributed by atoms with Crippen molar-refractivity contribution in [3.8, 4) is 0 Å². The predicted molar refractivity (Wildman–Crippen MR) is 76.2 cm³/mol. The molecular weight excluding hydrogens is 262 g/mol. The molecule has 1 heterocycles. The second-order valence-electron chi connectivity index (χ2n) is 6.06. The van der Waals surface area contributed by atoms with E-state index < -0.39 is 0 Å². The lowest BCUT2D eigenvalue weighted by molar-refractivity contribution is 0.228. The molecule has 108 valence electrons. The van der Waals surface area contributed by atoms with E-state index in [0.29, 0.717) is 0 Å². The Morgan fingerprint density at radius 3 is 2.53 bits per heavy atom. The topological polar surface area (TPSA) is 64.9 Å². The molecule has 3 rings (SSSR count). The van der Waals surface area contributed by atoms with Crippen LogP contribution in [-0.2, 0) is 12.0 Å². The molecule has 1 aromatic rings. The molecule has 0 radical (unpaired) electrons. The number of nitrogens with zero attached hydrogens (tertiary/aromatic N) is 2. The molecule has 0 atom stereocenters. The van der Waals surface area contributed by atoms with Gasteiger partial charge in [0.05, 0.1) is 5.54 Å². The summed E-state index contributed by atoms with van der Waals surface area (Å²) in [5.74, 6) is 2.38. The van der Waals surface area contributed by atoms with Crippen LogP contribution in [0.5, 0.6) is 0 Å². The smallest absolute Gasteiger partial charge is 0.226 e. The van der Waals surface area contributed by atoms with Crippen LogP contribution in [0.2, 0.25) is 0 Å². The van der Waals surface area contributed by atoms with Gasteiger partial charge in [0.25, 0.3) is 0 Å². The summed E-state index contributed by atoms with van der Waals surface area (Å²) in [6.07, 6.45) is 12.2. The Hall–Kier alpha value is -0.610. The van der Waals surface area contributed by atoms with Gasteiger partial charge in [0.15, 0.2) is 5.82 Å². The zero-order chi connectivity index (χ0) is 12.4. The van der Waals surface area contributed by atoms with Crippen LogP contribution in [0.15, 0.2) is 4.52 Å². The van der Waals surface area contributed by atoms with Crippen molar-refractivity contribution in [2.24, 2.45) is 11.7 Å². The predicted octanol–water partition coefficient (Wildman–Crippen LogP) is 3.34. The second kappa shape index (κ2) is 6.23. The summed E-state index contributed by atoms with van der Waals surface area (Å²) in [6.45, 7) is 0. The van der Waals surface area contributed by atoms with Crippen LogP contribution in [-0.4, -0.2) is 10.1 Å². The number of rotatable bonds is 4. The average molecular weight is 286 g/mol. The lowest BCUT2D eigenvalue weighted by atomic mass is 9.77. The van der Waals surface area contributed by atoms with Crippen molar-refractivity contribution in [2.45, 2.75) is 69.7 Å². The van der Waals surface area contributed by atoms with E-state index in [-0.39, 0.29) is 17.9 Å². The molecule has 5 heteroatoms. The summed E-state index contributed by atoms with van der Waals surface area (Å²) in [4.78, 5) is 4.49. The fourth-order valence-electron chi connectivity index (χ4n) is 3.14. The number of aromatic nitrogens is 2. The third-order valence-electron chi connectivity index (χ3n) is 4.65. The number of hydrogen-bond donors (Lipinski definition) is 1. The molecule has 2 fully saturated rings. The molecular formula is C14H24ClN3O. The molecule has 4 nitrogen and oxygen atoms in total. The number of halogens is 1. The van der Waals surface area contributed by atoms with Crippen LogP contribution in [0.1, 0.15) is 69.5 Å². The van der Waals surface area contributed by atoms with Gasteiger partial charge in [0, 0.05) is 6.42 Å². The Morgan fingerprint density at radius 2 is 1.89 bits per heavy atom. The van der Waals surface area contributed by atoms with Crippen LogP contribution in [0.4, 0.5) is 0 Å². The van der Waals surface area contributed by atoms with Gasteiger partial charge in [0.2, 0.25) is 5.89 Å². The zero-order valence-electron chi connectivity index (χ0n) is 11.4. The van der Waals surface area contributed by atoms with Gasteiger partial charge in [-0.3, -0.25) is 0 Å². The van der Waals surface area contributed by atoms with Gasteiger partial charge < -0.3 is 10.3 Å². The van der Waals surface area contributed by atoms with Crippen molar-refractivity contribution in [1.29, 1.82) is 0 Å². The fourth-order valence-corrected chi connectivity index (χ4v) is 3.14. The molecule has 0 aromatic carbocycles. The quantitative estimate of drug-likeness (QED) is 0.921. The van der Waals surface area contributed by atoms with Crippen LogP contribution in [0.25, 0.3) is 0 Å². The van der Waals surface area contributed by atoms with Crippen molar-refractivity contribution in [3.63, 3.8) is 0 Å². The Morgan fingerprint density at radius 1 is 1.16 bits per heavy atom. The average Bonchev–Trinajstić information content (AvgIpc) is 2.84. The number of hydrogen-bond acceptors (Lipinski definition) is 4. The van der Waals surface area contributed by atoms with Gasteiger partial charge in [0.1, 0.15) is 0 Å². The summed E-state index contributed by atoms with van der Waals surface area (Å²) in [7, 11) is 0. The summed E-state index contributed by atoms with van der Waals surface area (Å²) in [5, 5.41) is 4.06. The highest BCUT2D eigenvalue weighted by atomic mass is 35.5. The van der Waals surface area contributed by atoms with Gasteiger partial charge in [-0.2, -0.15) is 4.98 Å². The van der Waals surface area contributed by atoms with E-state index >= 15 is 0 Å². The molecule has 0 aliphatic heterocycles. The Labute approximate surface area is 120 Å². The first-order chi connectivity index (χ1) is 8.76. The summed E-state index contributed by atoms with van der Waals surface area (Å²) in [5.41, 5.74) is 5.91. The highest BCUT2D eigenvalue weighted by Gasteiger charge is 2.38. The molecule has 2 N–H and O–H groups in total. The van der Waals surface area contributed by atoms with E-state index in [1.54, 1.807) is 0 Å². The molecule has 2 aliphatic rings. The van der Waals surface area contributed by atoms with Crippen molar-refractivity contribution in [3.05, 3.63) is 11.7 Å². The maximum absolute atomic E-state index is 6.19. The normalized spacial score (nSPS) is 22.6.